The number of amides is 1. The van der Waals surface area contributed by atoms with E-state index in [1.165, 1.54) is 6.07 Å². The number of carbonyl (C=O) groups is 3. The second-order valence-corrected chi connectivity index (χ2v) is 11.7. The van der Waals surface area contributed by atoms with Gasteiger partial charge in [0.2, 0.25) is 12.7 Å². The maximum atomic E-state index is 13.6. The Morgan fingerprint density at radius 1 is 0.978 bits per heavy atom. The molecule has 0 aliphatic carbocycles. The van der Waals surface area contributed by atoms with Gasteiger partial charge in [-0.25, -0.2) is 4.79 Å². The first-order valence-electron chi connectivity index (χ1n) is 15.6. The molecule has 0 spiro atoms. The number of nitrogens with one attached hydrogen (secondary N) is 1. The van der Waals surface area contributed by atoms with Crippen LogP contribution in [0.15, 0.2) is 54.6 Å². The van der Waals surface area contributed by atoms with Crippen molar-refractivity contribution >= 4 is 23.7 Å². The number of hydrogen-bond donors (Lipinski definition) is 4. The summed E-state index contributed by atoms with van der Waals surface area (Å²) in [4.78, 5) is 39.1. The highest BCUT2D eigenvalue weighted by atomic mass is 16.7. The lowest BCUT2D eigenvalue weighted by atomic mass is 9.84. The quantitative estimate of drug-likeness (QED) is 0.234. The molecule has 4 N–H and O–H groups in total. The van der Waals surface area contributed by atoms with Crippen molar-refractivity contribution in [1.29, 1.82) is 0 Å². The van der Waals surface area contributed by atoms with E-state index in [-0.39, 0.29) is 53.1 Å². The zero-order chi connectivity index (χ0) is 32.6. The third kappa shape index (κ3) is 7.99. The SMILES string of the molecule is C[C@H]1CCCC(=O)CCCC=Cc2cc(O)c(C(CC(=O)NCCc3ccc(O)cc3)c3ccc4c(c3)OCO4)c(O)c2C(=O)O1. The Morgan fingerprint density at radius 2 is 1.74 bits per heavy atom. The first kappa shape index (κ1) is 32.4. The van der Waals surface area contributed by atoms with E-state index in [1.54, 1.807) is 61.5 Å². The first-order chi connectivity index (χ1) is 22.2. The molecule has 46 heavy (non-hydrogen) atoms. The molecule has 0 fully saturated rings. The van der Waals surface area contributed by atoms with Gasteiger partial charge in [-0.15, -0.1) is 0 Å². The van der Waals surface area contributed by atoms with Crippen LogP contribution in [0.3, 0.4) is 0 Å². The molecule has 2 atom stereocenters. The van der Waals surface area contributed by atoms with Crippen LogP contribution < -0.4 is 14.8 Å². The van der Waals surface area contributed by atoms with Gasteiger partial charge in [0.25, 0.3) is 0 Å². The van der Waals surface area contributed by atoms with Gasteiger partial charge in [0.1, 0.15) is 28.6 Å². The zero-order valence-electron chi connectivity index (χ0n) is 25.8. The summed E-state index contributed by atoms with van der Waals surface area (Å²) in [5.74, 6) is -1.43. The van der Waals surface area contributed by atoms with Gasteiger partial charge in [-0.1, -0.05) is 30.4 Å². The van der Waals surface area contributed by atoms with Crippen LogP contribution >= 0.6 is 0 Å². The van der Waals surface area contributed by atoms with E-state index in [0.717, 1.165) is 5.56 Å². The van der Waals surface area contributed by atoms with Gasteiger partial charge in [0.05, 0.1) is 6.10 Å². The fraction of sp³-hybridized carbons (Fsp3) is 0.361. The van der Waals surface area contributed by atoms with Gasteiger partial charge in [0.15, 0.2) is 11.5 Å². The predicted molar refractivity (Wildman–Crippen MR) is 170 cm³/mol. The summed E-state index contributed by atoms with van der Waals surface area (Å²) in [5.41, 5.74) is 1.66. The maximum Gasteiger partial charge on any atom is 0.342 e. The summed E-state index contributed by atoms with van der Waals surface area (Å²) in [5, 5.41) is 35.6. The Bertz CT molecular complexity index is 1610. The van der Waals surface area contributed by atoms with E-state index in [2.05, 4.69) is 5.32 Å². The number of esters is 1. The summed E-state index contributed by atoms with van der Waals surface area (Å²) in [6.45, 7) is 2.10. The lowest BCUT2D eigenvalue weighted by Gasteiger charge is -2.23. The molecule has 10 nitrogen and oxygen atoms in total. The van der Waals surface area contributed by atoms with E-state index in [4.69, 9.17) is 14.2 Å². The van der Waals surface area contributed by atoms with E-state index < -0.39 is 23.7 Å². The maximum absolute atomic E-state index is 13.6. The van der Waals surface area contributed by atoms with Gasteiger partial charge in [-0.05, 0) is 86.1 Å². The van der Waals surface area contributed by atoms with Crippen molar-refractivity contribution in [3.63, 3.8) is 0 Å². The average Bonchev–Trinajstić information content (AvgIpc) is 3.49. The summed E-state index contributed by atoms with van der Waals surface area (Å²) in [6.07, 6.45) is 6.44. The molecule has 2 heterocycles. The van der Waals surface area contributed by atoms with Crippen LogP contribution in [0.2, 0.25) is 0 Å². The van der Waals surface area contributed by atoms with Gasteiger partial charge in [-0.3, -0.25) is 9.59 Å². The van der Waals surface area contributed by atoms with Crippen molar-refractivity contribution in [2.75, 3.05) is 13.3 Å². The Labute approximate surface area is 267 Å². The van der Waals surface area contributed by atoms with Crippen LogP contribution in [0.1, 0.15) is 90.4 Å². The highest BCUT2D eigenvalue weighted by molar-refractivity contribution is 5.98. The van der Waals surface area contributed by atoms with Gasteiger partial charge in [0, 0.05) is 37.3 Å². The molecule has 1 unspecified atom stereocenters. The number of Topliss-reactive ketones (excluding diaryl/α,β-unsaturated/α-hetero) is 1. The van der Waals surface area contributed by atoms with E-state index in [0.29, 0.717) is 68.6 Å². The molecule has 0 radical (unpaired) electrons. The van der Waals surface area contributed by atoms with Gasteiger partial charge >= 0.3 is 5.97 Å². The summed E-state index contributed by atoms with van der Waals surface area (Å²) in [6, 6.07) is 13.2. The van der Waals surface area contributed by atoms with Crippen LogP contribution in [0, 0.1) is 0 Å². The number of hydrogen-bond acceptors (Lipinski definition) is 9. The van der Waals surface area contributed by atoms with Crippen molar-refractivity contribution in [1.82, 2.24) is 5.32 Å². The van der Waals surface area contributed by atoms with Crippen LogP contribution in [0.5, 0.6) is 28.7 Å². The molecule has 1 amide bonds. The molecule has 2 aliphatic rings. The number of ketones is 1. The predicted octanol–water partition coefficient (Wildman–Crippen LogP) is 5.89. The highest BCUT2D eigenvalue weighted by Crippen LogP contribution is 2.46. The summed E-state index contributed by atoms with van der Waals surface area (Å²) < 4.78 is 16.7. The van der Waals surface area contributed by atoms with Crippen molar-refractivity contribution in [3.05, 3.63) is 82.4 Å². The highest BCUT2D eigenvalue weighted by Gasteiger charge is 2.31. The third-order valence-corrected chi connectivity index (χ3v) is 8.26. The molecule has 0 aromatic heterocycles. The summed E-state index contributed by atoms with van der Waals surface area (Å²) >= 11 is 0. The standard InChI is InChI=1S/C36H39NO9/c1-22-6-5-9-26(38)8-4-2-3-7-25-18-29(40)34(35(42)33(25)36(43)46-22)28(24-12-15-30-31(19-24)45-21-44-30)20-32(41)37-17-16-23-10-13-27(39)14-11-23/h3,7,10-15,18-19,22,28,39-40,42H,2,4-6,8-9,16-17,20-21H2,1H3,(H,37,41)/t22-,28?/m0/s1. The largest absolute Gasteiger partial charge is 0.508 e. The Kier molecular flexibility index (Phi) is 10.5. The molecular weight excluding hydrogens is 590 g/mol. The molecule has 0 bridgehead atoms. The molecule has 0 saturated carbocycles. The minimum Gasteiger partial charge on any atom is -0.508 e. The number of cyclic esters (lactones) is 1. The number of aromatic hydroxyl groups is 3. The molecule has 0 saturated heterocycles. The lowest BCUT2D eigenvalue weighted by molar-refractivity contribution is -0.121. The van der Waals surface area contributed by atoms with Crippen LogP contribution in [-0.2, 0) is 20.7 Å². The smallest absolute Gasteiger partial charge is 0.342 e. The number of benzene rings is 3. The monoisotopic (exact) mass is 629 g/mol. The minimum atomic E-state index is -0.873. The van der Waals surface area contributed by atoms with Crippen molar-refractivity contribution < 1.29 is 43.9 Å². The van der Waals surface area contributed by atoms with Crippen LogP contribution in [0.25, 0.3) is 6.08 Å². The fourth-order valence-corrected chi connectivity index (χ4v) is 5.80. The summed E-state index contributed by atoms with van der Waals surface area (Å²) in [7, 11) is 0. The van der Waals surface area contributed by atoms with Gasteiger partial charge < -0.3 is 34.8 Å². The molecule has 10 heteroatoms. The third-order valence-electron chi connectivity index (χ3n) is 8.26. The number of allylic oxidation sites excluding steroid dienone is 1. The topological polar surface area (TPSA) is 152 Å². The van der Waals surface area contributed by atoms with Crippen molar-refractivity contribution in [2.24, 2.45) is 0 Å². The Hall–Kier alpha value is -4.99. The lowest BCUT2D eigenvalue weighted by Crippen LogP contribution is -2.27. The van der Waals surface area contributed by atoms with E-state index >= 15 is 0 Å². The number of phenols is 3. The molecular formula is C36H39NO9. The number of fused-ring (bicyclic) bond motifs is 2. The van der Waals surface area contributed by atoms with E-state index in [1.807, 2.05) is 0 Å². The second-order valence-electron chi connectivity index (χ2n) is 11.7. The first-order valence-corrected chi connectivity index (χ1v) is 15.6. The van der Waals surface area contributed by atoms with Gasteiger partial charge in [-0.2, -0.15) is 0 Å². The number of rotatable bonds is 7. The molecule has 242 valence electrons. The van der Waals surface area contributed by atoms with E-state index in [9.17, 15) is 29.7 Å². The number of carbonyl (C=O) groups excluding carboxylic acids is 3. The minimum absolute atomic E-state index is 0.0102. The second kappa shape index (κ2) is 14.9. The Balaban J connectivity index is 1.49. The Morgan fingerprint density at radius 3 is 2.54 bits per heavy atom. The normalized spacial score (nSPS) is 17.5. The van der Waals surface area contributed by atoms with Crippen LogP contribution in [0.4, 0.5) is 0 Å². The average molecular weight is 630 g/mol. The van der Waals surface area contributed by atoms with Crippen molar-refractivity contribution in [3.8, 4) is 28.7 Å². The number of ether oxygens (including phenoxy) is 3. The molecule has 2 aliphatic heterocycles. The fourth-order valence-electron chi connectivity index (χ4n) is 5.80. The number of phenolic OH excluding ortho intramolecular Hbond substituents is 3. The molecule has 5 rings (SSSR count). The zero-order valence-corrected chi connectivity index (χ0v) is 25.8. The molecule has 3 aromatic carbocycles. The molecule has 3 aromatic rings. The van der Waals surface area contributed by atoms with Crippen molar-refractivity contribution in [2.45, 2.75) is 70.3 Å². The van der Waals surface area contributed by atoms with Crippen LogP contribution in [-0.4, -0.2) is 52.4 Å².